The standard InChI is InChI=1S/C32H26ClN3O4/c33-26-13-8-22(9-14-26)6-7-24-12-17-30-34-29(20-36(30)19-24)31(37)35-28(32(38)39)18-23-10-15-27(16-11-23)40-21-25-4-2-1-3-5-25/h1-17,19-20,28H,18,21H2,(H,35,37)(H,38,39)/t28-/m0/s1. The number of benzene rings is 3. The minimum absolute atomic E-state index is 0.118. The number of carbonyl (C=O) groups is 2. The number of pyridine rings is 1. The SMILES string of the molecule is O=C(N[C@@H](Cc1ccc(OCc2ccccc2)cc1)C(=O)O)c1cn2cc(C=Cc3ccc(Cl)cc3)ccc2n1. The maximum Gasteiger partial charge on any atom is 0.326 e. The van der Waals surface area contributed by atoms with Gasteiger partial charge in [0.25, 0.3) is 5.91 Å². The number of ether oxygens (including phenoxy) is 1. The Morgan fingerprint density at radius 1 is 0.875 bits per heavy atom. The summed E-state index contributed by atoms with van der Waals surface area (Å²) in [6, 6.07) is 27.1. The molecule has 7 nitrogen and oxygen atoms in total. The van der Waals surface area contributed by atoms with Crippen LogP contribution < -0.4 is 10.1 Å². The molecule has 2 heterocycles. The number of halogens is 1. The Labute approximate surface area is 236 Å². The lowest BCUT2D eigenvalue weighted by Crippen LogP contribution is -2.42. The van der Waals surface area contributed by atoms with Crippen LogP contribution in [0.1, 0.15) is 32.7 Å². The zero-order chi connectivity index (χ0) is 27.9. The van der Waals surface area contributed by atoms with Crippen LogP contribution >= 0.6 is 11.6 Å². The summed E-state index contributed by atoms with van der Waals surface area (Å²) in [5.74, 6) is -1.01. The van der Waals surface area contributed by atoms with Crippen LogP contribution in [0, 0.1) is 0 Å². The molecule has 5 rings (SSSR count). The van der Waals surface area contributed by atoms with Crippen molar-refractivity contribution in [3.8, 4) is 5.75 Å². The average Bonchev–Trinajstić information content (AvgIpc) is 3.40. The number of hydrogen-bond acceptors (Lipinski definition) is 4. The summed E-state index contributed by atoms with van der Waals surface area (Å²) >= 11 is 5.94. The molecule has 1 amide bonds. The van der Waals surface area contributed by atoms with E-state index in [1.165, 1.54) is 0 Å². The molecule has 0 saturated carbocycles. The fraction of sp³-hybridized carbons (Fsp3) is 0.0938. The molecule has 0 unspecified atom stereocenters. The van der Waals surface area contributed by atoms with E-state index in [0.717, 1.165) is 22.3 Å². The van der Waals surface area contributed by atoms with E-state index in [1.807, 2.05) is 79.0 Å². The van der Waals surface area contributed by atoms with Gasteiger partial charge >= 0.3 is 5.97 Å². The monoisotopic (exact) mass is 551 g/mol. The first-order valence-corrected chi connectivity index (χ1v) is 13.0. The molecule has 1 atom stereocenters. The number of carboxylic acids is 1. The van der Waals surface area contributed by atoms with Crippen molar-refractivity contribution in [2.24, 2.45) is 0 Å². The zero-order valence-electron chi connectivity index (χ0n) is 21.4. The molecule has 5 aromatic rings. The second-order valence-corrected chi connectivity index (χ2v) is 9.66. The van der Waals surface area contributed by atoms with Gasteiger partial charge in [-0.05, 0) is 58.7 Å². The molecule has 2 N–H and O–H groups in total. The number of aliphatic carboxylic acids is 1. The lowest BCUT2D eigenvalue weighted by Gasteiger charge is -2.14. The Morgan fingerprint density at radius 2 is 1.57 bits per heavy atom. The molecule has 8 heteroatoms. The van der Waals surface area contributed by atoms with Gasteiger partial charge < -0.3 is 19.6 Å². The molecule has 0 aliphatic carbocycles. The predicted molar refractivity (Wildman–Crippen MR) is 155 cm³/mol. The summed E-state index contributed by atoms with van der Waals surface area (Å²) in [5.41, 5.74) is 4.43. The van der Waals surface area contributed by atoms with Crippen molar-refractivity contribution >= 4 is 41.3 Å². The first-order chi connectivity index (χ1) is 19.4. The molecule has 2 aromatic heterocycles. The molecule has 0 aliphatic heterocycles. The van der Waals surface area contributed by atoms with E-state index in [4.69, 9.17) is 16.3 Å². The third-order valence-electron chi connectivity index (χ3n) is 6.26. The van der Waals surface area contributed by atoms with Crippen molar-refractivity contribution in [2.45, 2.75) is 19.1 Å². The Hall–Kier alpha value is -4.88. The molecule has 0 fully saturated rings. The lowest BCUT2D eigenvalue weighted by molar-refractivity contribution is -0.139. The molecule has 0 aliphatic rings. The van der Waals surface area contributed by atoms with Gasteiger partial charge in [0.2, 0.25) is 0 Å². The number of carboxylic acid groups (broad SMARTS) is 1. The maximum atomic E-state index is 12.9. The number of rotatable bonds is 10. The zero-order valence-corrected chi connectivity index (χ0v) is 22.2. The van der Waals surface area contributed by atoms with E-state index in [1.54, 1.807) is 40.9 Å². The van der Waals surface area contributed by atoms with Gasteiger partial charge in [0.15, 0.2) is 0 Å². The van der Waals surface area contributed by atoms with Gasteiger partial charge in [-0.1, -0.05) is 78.4 Å². The predicted octanol–water partition coefficient (Wildman–Crippen LogP) is 6.16. The Balaban J connectivity index is 1.21. The molecule has 200 valence electrons. The van der Waals surface area contributed by atoms with E-state index in [0.29, 0.717) is 23.0 Å². The van der Waals surface area contributed by atoms with Crippen LogP contribution in [-0.2, 0) is 17.8 Å². The number of amides is 1. The minimum atomic E-state index is -1.13. The van der Waals surface area contributed by atoms with Crippen LogP contribution in [0.25, 0.3) is 17.8 Å². The Kier molecular flexibility index (Phi) is 8.23. The molecule has 3 aromatic carbocycles. The molecule has 0 spiro atoms. The number of nitrogens with zero attached hydrogens (tertiary/aromatic N) is 2. The topological polar surface area (TPSA) is 92.9 Å². The van der Waals surface area contributed by atoms with Crippen molar-refractivity contribution in [3.63, 3.8) is 0 Å². The summed E-state index contributed by atoms with van der Waals surface area (Å²) in [5, 5.41) is 13.0. The third-order valence-corrected chi connectivity index (χ3v) is 6.51. The number of carbonyl (C=O) groups excluding carboxylic acids is 1. The Bertz CT molecular complexity index is 1650. The molecule has 0 radical (unpaired) electrons. The summed E-state index contributed by atoms with van der Waals surface area (Å²) in [6.07, 6.45) is 7.46. The highest BCUT2D eigenvalue weighted by Crippen LogP contribution is 2.17. The second-order valence-electron chi connectivity index (χ2n) is 9.23. The van der Waals surface area contributed by atoms with Crippen molar-refractivity contribution in [2.75, 3.05) is 0 Å². The Morgan fingerprint density at radius 3 is 2.30 bits per heavy atom. The summed E-state index contributed by atoms with van der Waals surface area (Å²) < 4.78 is 7.53. The molecule has 40 heavy (non-hydrogen) atoms. The van der Waals surface area contributed by atoms with Gasteiger partial charge in [-0.15, -0.1) is 0 Å². The van der Waals surface area contributed by atoms with E-state index in [-0.39, 0.29) is 12.1 Å². The highest BCUT2D eigenvalue weighted by molar-refractivity contribution is 6.30. The van der Waals surface area contributed by atoms with Crippen molar-refractivity contribution in [3.05, 3.63) is 136 Å². The highest BCUT2D eigenvalue weighted by Gasteiger charge is 2.22. The van der Waals surface area contributed by atoms with Crippen molar-refractivity contribution < 1.29 is 19.4 Å². The van der Waals surface area contributed by atoms with Crippen molar-refractivity contribution in [1.82, 2.24) is 14.7 Å². The summed E-state index contributed by atoms with van der Waals surface area (Å²) in [4.78, 5) is 29.2. The van der Waals surface area contributed by atoms with Crippen molar-refractivity contribution in [1.29, 1.82) is 0 Å². The van der Waals surface area contributed by atoms with Crippen LogP contribution in [-0.4, -0.2) is 32.4 Å². The van der Waals surface area contributed by atoms with Crippen LogP contribution in [0.3, 0.4) is 0 Å². The van der Waals surface area contributed by atoms with E-state index < -0.39 is 17.9 Å². The van der Waals surface area contributed by atoms with Gasteiger partial charge in [-0.2, -0.15) is 0 Å². The van der Waals surface area contributed by atoms with Crippen LogP contribution in [0.5, 0.6) is 5.75 Å². The number of aromatic nitrogens is 2. The normalized spacial score (nSPS) is 11.9. The van der Waals surface area contributed by atoms with Gasteiger partial charge in [-0.25, -0.2) is 9.78 Å². The minimum Gasteiger partial charge on any atom is -0.489 e. The number of nitrogens with one attached hydrogen (secondary N) is 1. The molecular weight excluding hydrogens is 526 g/mol. The second kappa shape index (κ2) is 12.3. The molecule has 0 saturated heterocycles. The van der Waals surface area contributed by atoms with E-state index in [9.17, 15) is 14.7 Å². The van der Waals surface area contributed by atoms with Gasteiger partial charge in [0.1, 0.15) is 29.7 Å². The highest BCUT2D eigenvalue weighted by atomic mass is 35.5. The van der Waals surface area contributed by atoms with E-state index in [2.05, 4.69) is 10.3 Å². The summed E-state index contributed by atoms with van der Waals surface area (Å²) in [6.45, 7) is 0.438. The summed E-state index contributed by atoms with van der Waals surface area (Å²) in [7, 11) is 0. The average molecular weight is 552 g/mol. The fourth-order valence-electron chi connectivity index (χ4n) is 4.11. The molecule has 0 bridgehead atoms. The van der Waals surface area contributed by atoms with Gasteiger partial charge in [0.05, 0.1) is 0 Å². The van der Waals surface area contributed by atoms with Crippen LogP contribution in [0.2, 0.25) is 5.02 Å². The smallest absolute Gasteiger partial charge is 0.326 e. The number of imidazole rings is 1. The van der Waals surface area contributed by atoms with E-state index >= 15 is 0 Å². The maximum absolute atomic E-state index is 12.9. The fourth-order valence-corrected chi connectivity index (χ4v) is 4.24. The van der Waals surface area contributed by atoms with Gasteiger partial charge in [0, 0.05) is 23.8 Å². The third kappa shape index (κ3) is 6.95. The molecular formula is C32H26ClN3O4. The quantitative estimate of drug-likeness (QED) is 0.217. The van der Waals surface area contributed by atoms with Crippen LogP contribution in [0.4, 0.5) is 0 Å². The first kappa shape index (κ1) is 26.7. The van der Waals surface area contributed by atoms with Crippen LogP contribution in [0.15, 0.2) is 103 Å². The van der Waals surface area contributed by atoms with Gasteiger partial charge in [-0.3, -0.25) is 4.79 Å². The lowest BCUT2D eigenvalue weighted by atomic mass is 10.1. The first-order valence-electron chi connectivity index (χ1n) is 12.6. The largest absolute Gasteiger partial charge is 0.489 e. The number of fused-ring (bicyclic) bond motifs is 1. The number of hydrogen-bond donors (Lipinski definition) is 2.